The average molecular weight is 125 g/mol. The molecule has 0 spiro atoms. The second-order valence-electron chi connectivity index (χ2n) is 3.59. The lowest BCUT2D eigenvalue weighted by Gasteiger charge is -2.18. The predicted molar refractivity (Wildman–Crippen MR) is 38.0 cm³/mol. The highest BCUT2D eigenvalue weighted by atomic mass is 14.6. The first-order valence-corrected chi connectivity index (χ1v) is 4.12. The molecule has 0 aliphatic heterocycles. The van der Waals surface area contributed by atoms with E-state index in [1.165, 1.54) is 25.7 Å². The highest BCUT2D eigenvalue weighted by Crippen LogP contribution is 2.52. The fourth-order valence-corrected chi connectivity index (χ4v) is 2.33. The number of hydrogen-bond acceptors (Lipinski definition) is 1. The van der Waals surface area contributed by atoms with E-state index in [0.29, 0.717) is 0 Å². The molecule has 0 aromatic rings. The van der Waals surface area contributed by atoms with Crippen molar-refractivity contribution < 1.29 is 0 Å². The molecule has 3 atom stereocenters. The molecule has 0 aromatic carbocycles. The van der Waals surface area contributed by atoms with Gasteiger partial charge in [-0.15, -0.1) is 0 Å². The van der Waals surface area contributed by atoms with Crippen molar-refractivity contribution >= 4 is 0 Å². The van der Waals surface area contributed by atoms with Gasteiger partial charge in [0.05, 0.1) is 0 Å². The predicted octanol–water partition coefficient (Wildman–Crippen LogP) is 1.38. The van der Waals surface area contributed by atoms with Gasteiger partial charge in [-0.1, -0.05) is 12.8 Å². The van der Waals surface area contributed by atoms with E-state index >= 15 is 0 Å². The van der Waals surface area contributed by atoms with Crippen molar-refractivity contribution in [3.8, 4) is 0 Å². The molecule has 1 heteroatoms. The van der Waals surface area contributed by atoms with E-state index in [1.54, 1.807) is 0 Å². The molecule has 2 fully saturated rings. The minimum Gasteiger partial charge on any atom is -0.330 e. The molecule has 2 saturated carbocycles. The zero-order valence-corrected chi connectivity index (χ0v) is 5.84. The van der Waals surface area contributed by atoms with E-state index in [1.807, 2.05) is 0 Å². The third-order valence-corrected chi connectivity index (χ3v) is 3.04. The van der Waals surface area contributed by atoms with Gasteiger partial charge in [0.1, 0.15) is 0 Å². The molecule has 2 aliphatic carbocycles. The zero-order valence-electron chi connectivity index (χ0n) is 5.84. The van der Waals surface area contributed by atoms with Gasteiger partial charge < -0.3 is 5.73 Å². The lowest BCUT2D eigenvalue weighted by atomic mass is 9.89. The quantitative estimate of drug-likeness (QED) is 0.563. The second-order valence-corrected chi connectivity index (χ2v) is 3.59. The van der Waals surface area contributed by atoms with E-state index in [4.69, 9.17) is 5.73 Å². The van der Waals surface area contributed by atoms with Crippen LogP contribution in [0, 0.1) is 17.8 Å². The monoisotopic (exact) mass is 125 g/mol. The number of hydrogen-bond donors (Lipinski definition) is 1. The highest BCUT2D eigenvalue weighted by Gasteiger charge is 2.44. The van der Waals surface area contributed by atoms with Crippen LogP contribution in [0.2, 0.25) is 0 Å². The Morgan fingerprint density at radius 1 is 1.33 bits per heavy atom. The van der Waals surface area contributed by atoms with Gasteiger partial charge in [-0.05, 0) is 37.1 Å². The van der Waals surface area contributed by atoms with Gasteiger partial charge in [0.15, 0.2) is 0 Å². The summed E-state index contributed by atoms with van der Waals surface area (Å²) >= 11 is 0. The summed E-state index contributed by atoms with van der Waals surface area (Å²) in [7, 11) is 0. The Balaban J connectivity index is 1.93. The van der Waals surface area contributed by atoms with Gasteiger partial charge in [0.2, 0.25) is 0 Å². The summed E-state index contributed by atoms with van der Waals surface area (Å²) < 4.78 is 0. The zero-order chi connectivity index (χ0) is 6.27. The Kier molecular flexibility index (Phi) is 1.26. The van der Waals surface area contributed by atoms with Crippen molar-refractivity contribution in [3.63, 3.8) is 0 Å². The van der Waals surface area contributed by atoms with Crippen LogP contribution in [0.1, 0.15) is 25.7 Å². The summed E-state index contributed by atoms with van der Waals surface area (Å²) in [5.74, 6) is 3.07. The van der Waals surface area contributed by atoms with E-state index in [0.717, 1.165) is 24.3 Å². The molecule has 0 bridgehead atoms. The van der Waals surface area contributed by atoms with Crippen molar-refractivity contribution in [3.05, 3.63) is 0 Å². The maximum atomic E-state index is 5.62. The lowest BCUT2D eigenvalue weighted by molar-refractivity contribution is 0.343. The van der Waals surface area contributed by atoms with Crippen LogP contribution < -0.4 is 5.73 Å². The molecule has 2 N–H and O–H groups in total. The Morgan fingerprint density at radius 3 is 2.89 bits per heavy atom. The van der Waals surface area contributed by atoms with Crippen molar-refractivity contribution in [2.24, 2.45) is 23.5 Å². The molecule has 2 rings (SSSR count). The van der Waals surface area contributed by atoms with Crippen LogP contribution in [0.15, 0.2) is 0 Å². The summed E-state index contributed by atoms with van der Waals surface area (Å²) in [4.78, 5) is 0. The fraction of sp³-hybridized carbons (Fsp3) is 1.00. The van der Waals surface area contributed by atoms with Crippen LogP contribution in [0.3, 0.4) is 0 Å². The fourth-order valence-electron chi connectivity index (χ4n) is 2.33. The molecular formula is C8H15N. The van der Waals surface area contributed by atoms with Gasteiger partial charge in [0, 0.05) is 0 Å². The Hall–Kier alpha value is -0.0400. The molecule has 2 aliphatic rings. The van der Waals surface area contributed by atoms with Crippen molar-refractivity contribution in [1.82, 2.24) is 0 Å². The van der Waals surface area contributed by atoms with Gasteiger partial charge >= 0.3 is 0 Å². The van der Waals surface area contributed by atoms with Gasteiger partial charge in [-0.3, -0.25) is 0 Å². The summed E-state index contributed by atoms with van der Waals surface area (Å²) in [6.07, 6.45) is 5.86. The van der Waals surface area contributed by atoms with Crippen LogP contribution in [0.5, 0.6) is 0 Å². The smallest absolute Gasteiger partial charge is 0.00461 e. The largest absolute Gasteiger partial charge is 0.330 e. The Labute approximate surface area is 56.6 Å². The second kappa shape index (κ2) is 1.98. The standard InChI is InChI=1S/C8H15N/c9-5-7-3-1-2-6-4-8(6)7/h6-8H,1-5,9H2/t6-,7-,8-/m0/s1. The molecule has 0 heterocycles. The first-order valence-electron chi connectivity index (χ1n) is 4.12. The van der Waals surface area contributed by atoms with Crippen molar-refractivity contribution in [2.75, 3.05) is 6.54 Å². The molecule has 9 heavy (non-hydrogen) atoms. The Morgan fingerprint density at radius 2 is 2.22 bits per heavy atom. The maximum absolute atomic E-state index is 5.62. The number of fused-ring (bicyclic) bond motifs is 1. The van der Waals surface area contributed by atoms with Crippen LogP contribution in [-0.4, -0.2) is 6.54 Å². The summed E-state index contributed by atoms with van der Waals surface area (Å²) in [5.41, 5.74) is 5.62. The lowest BCUT2D eigenvalue weighted by Crippen LogP contribution is -2.19. The molecule has 0 aromatic heterocycles. The van der Waals surface area contributed by atoms with E-state index in [-0.39, 0.29) is 0 Å². The SMILES string of the molecule is NC[C@@H]1CCC[C@H]2C[C@H]12. The Bertz CT molecular complexity index is 111. The normalized spacial score (nSPS) is 48.3. The molecule has 0 saturated heterocycles. The molecule has 1 nitrogen and oxygen atoms in total. The van der Waals surface area contributed by atoms with Gasteiger partial charge in [-0.25, -0.2) is 0 Å². The number of rotatable bonds is 1. The molecule has 52 valence electrons. The molecule has 0 radical (unpaired) electrons. The molecule has 0 amide bonds. The summed E-state index contributed by atoms with van der Waals surface area (Å²) in [6.45, 7) is 0.946. The van der Waals surface area contributed by atoms with Crippen LogP contribution in [0.4, 0.5) is 0 Å². The highest BCUT2D eigenvalue weighted by molar-refractivity contribution is 4.94. The third kappa shape index (κ3) is 0.877. The van der Waals surface area contributed by atoms with Gasteiger partial charge in [0.25, 0.3) is 0 Å². The molecular weight excluding hydrogens is 110 g/mol. The summed E-state index contributed by atoms with van der Waals surface area (Å²) in [6, 6.07) is 0. The van der Waals surface area contributed by atoms with Crippen LogP contribution in [-0.2, 0) is 0 Å². The van der Waals surface area contributed by atoms with Crippen molar-refractivity contribution in [1.29, 1.82) is 0 Å². The van der Waals surface area contributed by atoms with Crippen LogP contribution >= 0.6 is 0 Å². The van der Waals surface area contributed by atoms with Crippen LogP contribution in [0.25, 0.3) is 0 Å². The minimum absolute atomic E-state index is 0.906. The van der Waals surface area contributed by atoms with E-state index < -0.39 is 0 Å². The van der Waals surface area contributed by atoms with E-state index in [2.05, 4.69) is 0 Å². The summed E-state index contributed by atoms with van der Waals surface area (Å²) in [5, 5.41) is 0. The minimum atomic E-state index is 0.906. The first kappa shape index (κ1) is 5.72. The van der Waals surface area contributed by atoms with E-state index in [9.17, 15) is 0 Å². The van der Waals surface area contributed by atoms with Crippen molar-refractivity contribution in [2.45, 2.75) is 25.7 Å². The first-order chi connectivity index (χ1) is 4.42. The third-order valence-electron chi connectivity index (χ3n) is 3.04. The molecule has 0 unspecified atom stereocenters. The topological polar surface area (TPSA) is 26.0 Å². The average Bonchev–Trinajstić information content (AvgIpc) is 2.64. The maximum Gasteiger partial charge on any atom is -0.00461 e. The van der Waals surface area contributed by atoms with Gasteiger partial charge in [-0.2, -0.15) is 0 Å². The number of nitrogens with two attached hydrogens (primary N) is 1.